The van der Waals surface area contributed by atoms with Crippen LogP contribution in [0, 0.1) is 0 Å². The second-order valence-corrected chi connectivity index (χ2v) is 14.1. The maximum absolute atomic E-state index is 6.87. The van der Waals surface area contributed by atoms with Gasteiger partial charge >= 0.3 is 0 Å². The van der Waals surface area contributed by atoms with Gasteiger partial charge in [0.15, 0.2) is 0 Å². The van der Waals surface area contributed by atoms with Crippen LogP contribution in [0.1, 0.15) is 0 Å². The Morgan fingerprint density at radius 2 is 0.836 bits per heavy atom. The van der Waals surface area contributed by atoms with Crippen LogP contribution in [0.15, 0.2) is 209 Å². The first-order valence-corrected chi connectivity index (χ1v) is 18.7. The van der Waals surface area contributed by atoms with E-state index in [2.05, 4.69) is 193 Å². The van der Waals surface area contributed by atoms with E-state index in [9.17, 15) is 0 Å². The molecule has 0 saturated heterocycles. The Kier molecular flexibility index (Phi) is 7.17. The number of benzene rings is 9. The van der Waals surface area contributed by atoms with Crippen molar-refractivity contribution in [3.8, 4) is 33.4 Å². The predicted molar refractivity (Wildman–Crippen MR) is 229 cm³/mol. The molecule has 2 heterocycles. The van der Waals surface area contributed by atoms with Gasteiger partial charge in [-0.2, -0.15) is 0 Å². The summed E-state index contributed by atoms with van der Waals surface area (Å²) in [6.07, 6.45) is 0. The van der Waals surface area contributed by atoms with Gasteiger partial charge in [-0.05, 0) is 93.4 Å². The van der Waals surface area contributed by atoms with E-state index in [1.165, 1.54) is 22.3 Å². The molecule has 0 bridgehead atoms. The first-order valence-electron chi connectivity index (χ1n) is 18.7. The zero-order valence-electron chi connectivity index (χ0n) is 29.8. The Morgan fingerprint density at radius 3 is 1.51 bits per heavy atom. The topological polar surface area (TPSA) is 29.5 Å². The second kappa shape index (κ2) is 12.6. The average Bonchev–Trinajstić information content (AvgIpc) is 3.83. The molecule has 0 fully saturated rings. The van der Waals surface area contributed by atoms with Crippen LogP contribution in [-0.2, 0) is 0 Å². The summed E-state index contributed by atoms with van der Waals surface area (Å²) in [5.41, 5.74) is 13.7. The number of furan rings is 2. The molecule has 55 heavy (non-hydrogen) atoms. The molecule has 0 aliphatic rings. The second-order valence-electron chi connectivity index (χ2n) is 14.1. The molecule has 0 spiro atoms. The van der Waals surface area contributed by atoms with Crippen LogP contribution in [0.25, 0.3) is 88.0 Å². The standard InChI is InChI=1S/C52H33NO2/c1-3-12-34(13-4-1)36-22-26-38(27-23-36)53(39-28-24-37(25-29-39)35-14-5-2-6-15-35)40-30-31-42-47-33-46(41-16-7-8-17-44(41)52(47)55-50(42)32-40)43-19-11-21-49-51(43)45-18-9-10-20-48(45)54-49/h1-33H. The zero-order chi connectivity index (χ0) is 36.3. The first kappa shape index (κ1) is 31.2. The highest BCUT2D eigenvalue weighted by Gasteiger charge is 2.20. The summed E-state index contributed by atoms with van der Waals surface area (Å²) in [5, 5.41) is 6.64. The summed E-state index contributed by atoms with van der Waals surface area (Å²) < 4.78 is 13.2. The minimum atomic E-state index is 0.841. The number of hydrogen-bond donors (Lipinski definition) is 0. The highest BCUT2D eigenvalue weighted by Crippen LogP contribution is 2.45. The quantitative estimate of drug-likeness (QED) is 0.173. The molecular formula is C52H33NO2. The van der Waals surface area contributed by atoms with E-state index in [-0.39, 0.29) is 0 Å². The van der Waals surface area contributed by atoms with Crippen LogP contribution in [0.5, 0.6) is 0 Å². The lowest BCUT2D eigenvalue weighted by Crippen LogP contribution is -2.09. The van der Waals surface area contributed by atoms with Gasteiger partial charge in [-0.15, -0.1) is 0 Å². The molecule has 11 rings (SSSR count). The van der Waals surface area contributed by atoms with Gasteiger partial charge in [-0.1, -0.05) is 140 Å². The smallest absolute Gasteiger partial charge is 0.143 e. The predicted octanol–water partition coefficient (Wildman–Crippen LogP) is 15.1. The van der Waals surface area contributed by atoms with Crippen molar-refractivity contribution < 1.29 is 8.83 Å². The molecule has 0 radical (unpaired) electrons. The van der Waals surface area contributed by atoms with Crippen molar-refractivity contribution >= 4 is 71.7 Å². The number of para-hydroxylation sites is 1. The third kappa shape index (κ3) is 5.20. The normalized spacial score (nSPS) is 11.6. The lowest BCUT2D eigenvalue weighted by molar-refractivity contribution is 0.669. The Hall–Kier alpha value is -7.36. The van der Waals surface area contributed by atoms with E-state index in [1.54, 1.807) is 0 Å². The molecule has 0 aliphatic heterocycles. The van der Waals surface area contributed by atoms with Gasteiger partial charge in [-0.3, -0.25) is 0 Å². The van der Waals surface area contributed by atoms with E-state index in [0.717, 1.165) is 82.8 Å². The van der Waals surface area contributed by atoms with Gasteiger partial charge in [0.2, 0.25) is 0 Å². The monoisotopic (exact) mass is 703 g/mol. The van der Waals surface area contributed by atoms with E-state index in [1.807, 2.05) is 12.1 Å². The fourth-order valence-corrected chi connectivity index (χ4v) is 8.26. The minimum absolute atomic E-state index is 0.841. The molecule has 0 unspecified atom stereocenters. The summed E-state index contributed by atoms with van der Waals surface area (Å²) >= 11 is 0. The number of nitrogens with zero attached hydrogens (tertiary/aromatic N) is 1. The fourth-order valence-electron chi connectivity index (χ4n) is 8.26. The van der Waals surface area contributed by atoms with Crippen LogP contribution in [0.3, 0.4) is 0 Å². The van der Waals surface area contributed by atoms with Gasteiger partial charge in [0.25, 0.3) is 0 Å². The molecule has 2 aromatic heterocycles. The van der Waals surface area contributed by atoms with Crippen LogP contribution in [0.4, 0.5) is 17.1 Å². The summed E-state index contributed by atoms with van der Waals surface area (Å²) in [7, 11) is 0. The molecule has 0 atom stereocenters. The van der Waals surface area contributed by atoms with Gasteiger partial charge in [-0.25, -0.2) is 0 Å². The van der Waals surface area contributed by atoms with Crippen molar-refractivity contribution in [2.45, 2.75) is 0 Å². The SMILES string of the molecule is c1ccc(-c2ccc(N(c3ccc(-c4ccccc4)cc3)c3ccc4c(c3)oc3c5ccccc5c(-c5cccc6oc7ccccc7c56)cc43)cc2)cc1. The van der Waals surface area contributed by atoms with Gasteiger partial charge in [0.05, 0.1) is 0 Å². The fraction of sp³-hybridized carbons (Fsp3) is 0. The molecule has 11 aromatic rings. The third-order valence-electron chi connectivity index (χ3n) is 10.9. The Bertz CT molecular complexity index is 3090. The lowest BCUT2D eigenvalue weighted by atomic mass is 9.92. The average molecular weight is 704 g/mol. The molecule has 258 valence electrons. The van der Waals surface area contributed by atoms with Gasteiger partial charge in [0.1, 0.15) is 22.3 Å². The lowest BCUT2D eigenvalue weighted by Gasteiger charge is -2.26. The van der Waals surface area contributed by atoms with Crippen LogP contribution >= 0.6 is 0 Å². The molecule has 0 amide bonds. The maximum atomic E-state index is 6.87. The van der Waals surface area contributed by atoms with E-state index < -0.39 is 0 Å². The molecule has 3 heteroatoms. The van der Waals surface area contributed by atoms with Crippen LogP contribution in [0.2, 0.25) is 0 Å². The number of fused-ring (bicyclic) bond motifs is 8. The first-order chi connectivity index (χ1) is 27.3. The largest absolute Gasteiger partial charge is 0.456 e. The van der Waals surface area contributed by atoms with Gasteiger partial charge in [0, 0.05) is 50.1 Å². The Balaban J connectivity index is 1.08. The molecule has 3 nitrogen and oxygen atoms in total. The number of anilines is 3. The molecule has 9 aromatic carbocycles. The van der Waals surface area contributed by atoms with Crippen LogP contribution < -0.4 is 4.90 Å². The highest BCUT2D eigenvalue weighted by molar-refractivity contribution is 6.22. The van der Waals surface area contributed by atoms with Crippen molar-refractivity contribution in [3.05, 3.63) is 200 Å². The third-order valence-corrected chi connectivity index (χ3v) is 10.9. The Morgan fingerprint density at radius 1 is 0.291 bits per heavy atom. The van der Waals surface area contributed by atoms with Crippen molar-refractivity contribution in [2.24, 2.45) is 0 Å². The minimum Gasteiger partial charge on any atom is -0.456 e. The summed E-state index contributed by atoms with van der Waals surface area (Å²) in [5.74, 6) is 0. The van der Waals surface area contributed by atoms with E-state index in [0.29, 0.717) is 0 Å². The van der Waals surface area contributed by atoms with Crippen molar-refractivity contribution in [1.29, 1.82) is 0 Å². The highest BCUT2D eigenvalue weighted by atomic mass is 16.3. The molecule has 0 aliphatic carbocycles. The summed E-state index contributed by atoms with van der Waals surface area (Å²) in [6, 6.07) is 70.8. The number of hydrogen-bond acceptors (Lipinski definition) is 3. The zero-order valence-corrected chi connectivity index (χ0v) is 29.8. The van der Waals surface area contributed by atoms with Crippen molar-refractivity contribution in [3.63, 3.8) is 0 Å². The van der Waals surface area contributed by atoms with Crippen molar-refractivity contribution in [1.82, 2.24) is 0 Å². The molecular weight excluding hydrogens is 671 g/mol. The summed E-state index contributed by atoms with van der Waals surface area (Å²) in [6.45, 7) is 0. The van der Waals surface area contributed by atoms with E-state index >= 15 is 0 Å². The molecule has 0 saturated carbocycles. The maximum Gasteiger partial charge on any atom is 0.143 e. The van der Waals surface area contributed by atoms with Crippen molar-refractivity contribution in [2.75, 3.05) is 4.90 Å². The van der Waals surface area contributed by atoms with Gasteiger partial charge < -0.3 is 13.7 Å². The molecule has 0 N–H and O–H groups in total. The van der Waals surface area contributed by atoms with E-state index in [4.69, 9.17) is 8.83 Å². The summed E-state index contributed by atoms with van der Waals surface area (Å²) in [4.78, 5) is 2.31. The Labute approximate surface area is 317 Å². The number of rotatable bonds is 6. The van der Waals surface area contributed by atoms with Crippen LogP contribution in [-0.4, -0.2) is 0 Å².